The largest absolute Gasteiger partial charge is 0.384 e. The van der Waals surface area contributed by atoms with Crippen LogP contribution in [0.3, 0.4) is 0 Å². The van der Waals surface area contributed by atoms with Crippen molar-refractivity contribution in [3.63, 3.8) is 0 Å². The van der Waals surface area contributed by atoms with E-state index in [1.807, 2.05) is 7.11 Å². The molecule has 14 heavy (non-hydrogen) atoms. The molecular formula is C12H23NO. The summed E-state index contributed by atoms with van der Waals surface area (Å²) in [7, 11) is 4.14. The smallest absolute Gasteiger partial charge is 0.0533 e. The van der Waals surface area contributed by atoms with E-state index in [1.54, 1.807) is 0 Å². The highest BCUT2D eigenvalue weighted by atomic mass is 16.5. The molecular weight excluding hydrogens is 174 g/mol. The molecule has 2 fully saturated rings. The molecule has 0 aromatic rings. The quantitative estimate of drug-likeness (QED) is 0.688. The lowest BCUT2D eigenvalue weighted by atomic mass is 9.78. The highest BCUT2D eigenvalue weighted by molar-refractivity contribution is 4.97. The van der Waals surface area contributed by atoms with Gasteiger partial charge in [-0.15, -0.1) is 0 Å². The minimum Gasteiger partial charge on any atom is -0.384 e. The zero-order chi connectivity index (χ0) is 10.0. The van der Waals surface area contributed by atoms with Crippen LogP contribution in [0.4, 0.5) is 0 Å². The fraction of sp³-hybridized carbons (Fsp3) is 1.00. The van der Waals surface area contributed by atoms with E-state index < -0.39 is 0 Å². The van der Waals surface area contributed by atoms with E-state index in [-0.39, 0.29) is 0 Å². The Morgan fingerprint density at radius 1 is 1.29 bits per heavy atom. The van der Waals surface area contributed by atoms with Crippen LogP contribution in [0.1, 0.15) is 38.5 Å². The Balaban J connectivity index is 2.08. The van der Waals surface area contributed by atoms with Gasteiger partial charge in [-0.05, 0) is 39.3 Å². The summed E-state index contributed by atoms with van der Waals surface area (Å²) < 4.78 is 5.46. The van der Waals surface area contributed by atoms with Gasteiger partial charge in [0, 0.05) is 18.6 Å². The summed E-state index contributed by atoms with van der Waals surface area (Å²) >= 11 is 0. The summed E-state index contributed by atoms with van der Waals surface area (Å²) in [5.41, 5.74) is 0.500. The topological polar surface area (TPSA) is 12.5 Å². The van der Waals surface area contributed by atoms with Crippen LogP contribution in [0.2, 0.25) is 0 Å². The summed E-state index contributed by atoms with van der Waals surface area (Å²) in [5, 5.41) is 0. The second-order valence-electron chi connectivity index (χ2n) is 5.14. The SMILES string of the molecule is COCC1(C2CCCN2C)CCCC1. The van der Waals surface area contributed by atoms with Gasteiger partial charge in [0.05, 0.1) is 6.61 Å². The minimum atomic E-state index is 0.500. The Morgan fingerprint density at radius 2 is 2.00 bits per heavy atom. The van der Waals surface area contributed by atoms with Gasteiger partial charge in [0.15, 0.2) is 0 Å². The van der Waals surface area contributed by atoms with Gasteiger partial charge in [-0.1, -0.05) is 12.8 Å². The third-order valence-electron chi connectivity index (χ3n) is 4.26. The van der Waals surface area contributed by atoms with Crippen molar-refractivity contribution < 1.29 is 4.74 Å². The monoisotopic (exact) mass is 197 g/mol. The van der Waals surface area contributed by atoms with Crippen LogP contribution in [0.15, 0.2) is 0 Å². The molecule has 2 heteroatoms. The van der Waals surface area contributed by atoms with Crippen molar-refractivity contribution >= 4 is 0 Å². The summed E-state index contributed by atoms with van der Waals surface area (Å²) in [5.74, 6) is 0. The van der Waals surface area contributed by atoms with E-state index in [0.29, 0.717) is 5.41 Å². The molecule has 1 aliphatic carbocycles. The molecule has 0 radical (unpaired) electrons. The molecule has 1 saturated heterocycles. The molecule has 0 amide bonds. The number of ether oxygens (including phenoxy) is 1. The lowest BCUT2D eigenvalue weighted by Gasteiger charge is -2.38. The second kappa shape index (κ2) is 4.19. The van der Waals surface area contributed by atoms with Crippen LogP contribution in [0, 0.1) is 5.41 Å². The molecule has 0 bridgehead atoms. The van der Waals surface area contributed by atoms with Crippen molar-refractivity contribution in [1.29, 1.82) is 0 Å². The molecule has 1 saturated carbocycles. The molecule has 1 unspecified atom stereocenters. The fourth-order valence-corrected chi connectivity index (χ4v) is 3.62. The Morgan fingerprint density at radius 3 is 2.50 bits per heavy atom. The normalized spacial score (nSPS) is 32.6. The van der Waals surface area contributed by atoms with E-state index in [1.165, 1.54) is 45.1 Å². The molecule has 0 spiro atoms. The third-order valence-corrected chi connectivity index (χ3v) is 4.26. The van der Waals surface area contributed by atoms with Crippen LogP contribution in [0.25, 0.3) is 0 Å². The first-order valence-electron chi connectivity index (χ1n) is 5.98. The zero-order valence-corrected chi connectivity index (χ0v) is 9.59. The molecule has 1 aliphatic heterocycles. The lowest BCUT2D eigenvalue weighted by molar-refractivity contribution is 0.0239. The van der Waals surface area contributed by atoms with Crippen molar-refractivity contribution in [3.05, 3.63) is 0 Å². The first kappa shape index (κ1) is 10.4. The maximum Gasteiger partial charge on any atom is 0.0533 e. The summed E-state index contributed by atoms with van der Waals surface area (Å²) in [4.78, 5) is 2.56. The molecule has 1 atom stereocenters. The van der Waals surface area contributed by atoms with Crippen LogP contribution in [0.5, 0.6) is 0 Å². The molecule has 0 aromatic carbocycles. The van der Waals surface area contributed by atoms with Crippen LogP contribution >= 0.6 is 0 Å². The maximum atomic E-state index is 5.46. The highest BCUT2D eigenvalue weighted by Crippen LogP contribution is 2.46. The number of hydrogen-bond acceptors (Lipinski definition) is 2. The third kappa shape index (κ3) is 1.70. The average Bonchev–Trinajstić information content (AvgIpc) is 2.75. The predicted molar refractivity (Wildman–Crippen MR) is 58.4 cm³/mol. The zero-order valence-electron chi connectivity index (χ0n) is 9.59. The van der Waals surface area contributed by atoms with Gasteiger partial charge in [-0.2, -0.15) is 0 Å². The lowest BCUT2D eigenvalue weighted by Crippen LogP contribution is -2.43. The Bertz CT molecular complexity index is 187. The number of likely N-dealkylation sites (tertiary alicyclic amines) is 1. The number of rotatable bonds is 3. The van der Waals surface area contributed by atoms with Gasteiger partial charge in [0.1, 0.15) is 0 Å². The number of nitrogens with zero attached hydrogens (tertiary/aromatic N) is 1. The van der Waals surface area contributed by atoms with Gasteiger partial charge in [-0.25, -0.2) is 0 Å². The van der Waals surface area contributed by atoms with Crippen molar-refractivity contribution in [2.45, 2.75) is 44.6 Å². The van der Waals surface area contributed by atoms with Gasteiger partial charge < -0.3 is 9.64 Å². The summed E-state index contributed by atoms with van der Waals surface area (Å²) in [6.45, 7) is 2.26. The van der Waals surface area contributed by atoms with Gasteiger partial charge >= 0.3 is 0 Å². The van der Waals surface area contributed by atoms with E-state index in [4.69, 9.17) is 4.74 Å². The van der Waals surface area contributed by atoms with Crippen molar-refractivity contribution in [1.82, 2.24) is 4.90 Å². The molecule has 2 rings (SSSR count). The van der Waals surface area contributed by atoms with Gasteiger partial charge in [-0.3, -0.25) is 0 Å². The molecule has 82 valence electrons. The van der Waals surface area contributed by atoms with Crippen molar-refractivity contribution in [2.24, 2.45) is 5.41 Å². The number of methoxy groups -OCH3 is 1. The summed E-state index contributed by atoms with van der Waals surface area (Å²) in [6, 6.07) is 0.796. The highest BCUT2D eigenvalue weighted by Gasteiger charge is 2.44. The van der Waals surface area contributed by atoms with E-state index >= 15 is 0 Å². The standard InChI is InChI=1S/C12H23NO/c1-13-9-5-6-11(13)12(10-14-2)7-3-4-8-12/h11H,3-10H2,1-2H3. The minimum absolute atomic E-state index is 0.500. The Kier molecular flexibility index (Phi) is 3.13. The maximum absolute atomic E-state index is 5.46. The van der Waals surface area contributed by atoms with Crippen molar-refractivity contribution in [3.8, 4) is 0 Å². The Hall–Kier alpha value is -0.0800. The summed E-state index contributed by atoms with van der Waals surface area (Å²) in [6.07, 6.45) is 8.36. The van der Waals surface area contributed by atoms with Crippen molar-refractivity contribution in [2.75, 3.05) is 27.3 Å². The molecule has 0 aromatic heterocycles. The first-order chi connectivity index (χ1) is 6.78. The number of hydrogen-bond donors (Lipinski definition) is 0. The van der Waals surface area contributed by atoms with E-state index in [0.717, 1.165) is 12.6 Å². The molecule has 1 heterocycles. The molecule has 2 nitrogen and oxygen atoms in total. The van der Waals surface area contributed by atoms with Gasteiger partial charge in [0.2, 0.25) is 0 Å². The fourth-order valence-electron chi connectivity index (χ4n) is 3.62. The average molecular weight is 197 g/mol. The van der Waals surface area contributed by atoms with E-state index in [9.17, 15) is 0 Å². The van der Waals surface area contributed by atoms with Crippen LogP contribution in [-0.4, -0.2) is 38.3 Å². The van der Waals surface area contributed by atoms with Crippen LogP contribution in [-0.2, 0) is 4.74 Å². The van der Waals surface area contributed by atoms with Crippen LogP contribution < -0.4 is 0 Å². The molecule has 2 aliphatic rings. The predicted octanol–water partition coefficient (Wildman–Crippen LogP) is 2.29. The second-order valence-corrected chi connectivity index (χ2v) is 5.14. The molecule has 0 N–H and O–H groups in total. The first-order valence-corrected chi connectivity index (χ1v) is 5.98. The van der Waals surface area contributed by atoms with Gasteiger partial charge in [0.25, 0.3) is 0 Å². The Labute approximate surface area is 87.6 Å². The van der Waals surface area contributed by atoms with E-state index in [2.05, 4.69) is 11.9 Å².